The number of nitrogens with zero attached hydrogens (tertiary/aromatic N) is 3. The first-order valence-electron chi connectivity index (χ1n) is 11.0. The molecule has 0 fully saturated rings. The predicted molar refractivity (Wildman–Crippen MR) is 146 cm³/mol. The summed E-state index contributed by atoms with van der Waals surface area (Å²) in [6, 6.07) is 19.6. The number of ether oxygens (including phenoxy) is 1. The molecule has 0 radical (unpaired) electrons. The Labute approximate surface area is 226 Å². The van der Waals surface area contributed by atoms with Crippen LogP contribution in [0.3, 0.4) is 0 Å². The van der Waals surface area contributed by atoms with Gasteiger partial charge in [-0.15, -0.1) is 5.10 Å². The van der Waals surface area contributed by atoms with Crippen molar-refractivity contribution >= 4 is 56.7 Å². The fourth-order valence-corrected chi connectivity index (χ4v) is 5.06. The fraction of sp³-hybridized carbons (Fsp3) is 0.115. The standard InChI is InChI=1S/C26H20BrCl2N5O2/c1-14-22(25(35)31-20-8-3-4-9-21(20)36-2)23(15-6-5-7-16(27)12-15)34-26(30-14)32-24(33-34)18-11-10-17(28)13-19(18)29/h3-13,23H,1-2H3,(H,31,35)(H,30,32,33). The summed E-state index contributed by atoms with van der Waals surface area (Å²) >= 11 is 16.1. The first-order valence-corrected chi connectivity index (χ1v) is 12.5. The van der Waals surface area contributed by atoms with E-state index in [1.165, 1.54) is 0 Å². The molecule has 0 spiro atoms. The first kappa shape index (κ1) is 24.4. The van der Waals surface area contributed by atoms with E-state index in [4.69, 9.17) is 33.0 Å². The van der Waals surface area contributed by atoms with E-state index >= 15 is 0 Å². The molecule has 3 aromatic carbocycles. The van der Waals surface area contributed by atoms with Gasteiger partial charge in [-0.05, 0) is 55.0 Å². The summed E-state index contributed by atoms with van der Waals surface area (Å²) in [4.78, 5) is 18.4. The number of carbonyl (C=O) groups is 1. The summed E-state index contributed by atoms with van der Waals surface area (Å²) in [6.07, 6.45) is 0. The van der Waals surface area contributed by atoms with Crippen molar-refractivity contribution in [1.29, 1.82) is 0 Å². The van der Waals surface area contributed by atoms with Crippen molar-refractivity contribution in [3.05, 3.63) is 98.1 Å². The Balaban J connectivity index is 1.62. The molecule has 36 heavy (non-hydrogen) atoms. The molecule has 1 amide bonds. The molecule has 1 unspecified atom stereocenters. The van der Waals surface area contributed by atoms with Crippen molar-refractivity contribution in [3.8, 4) is 17.1 Å². The number of para-hydroxylation sites is 2. The number of carbonyl (C=O) groups excluding carboxylic acids is 1. The van der Waals surface area contributed by atoms with Gasteiger partial charge in [-0.2, -0.15) is 4.98 Å². The largest absolute Gasteiger partial charge is 0.495 e. The second-order valence-electron chi connectivity index (χ2n) is 8.10. The lowest BCUT2D eigenvalue weighted by Gasteiger charge is -2.29. The van der Waals surface area contributed by atoms with Crippen LogP contribution < -0.4 is 15.4 Å². The molecule has 7 nitrogen and oxygen atoms in total. The summed E-state index contributed by atoms with van der Waals surface area (Å²) in [5, 5.41) is 11.9. The van der Waals surface area contributed by atoms with Crippen LogP contribution in [0.5, 0.6) is 5.75 Å². The van der Waals surface area contributed by atoms with Crippen LogP contribution in [0.4, 0.5) is 11.6 Å². The van der Waals surface area contributed by atoms with E-state index in [0.29, 0.717) is 50.1 Å². The van der Waals surface area contributed by atoms with Crippen molar-refractivity contribution in [2.75, 3.05) is 17.7 Å². The molecule has 2 N–H and O–H groups in total. The normalized spacial score (nSPS) is 14.8. The third-order valence-electron chi connectivity index (χ3n) is 5.79. The zero-order valence-corrected chi connectivity index (χ0v) is 22.3. The highest BCUT2D eigenvalue weighted by Crippen LogP contribution is 2.39. The Morgan fingerprint density at radius 3 is 2.67 bits per heavy atom. The monoisotopic (exact) mass is 583 g/mol. The number of fused-ring (bicyclic) bond motifs is 1. The van der Waals surface area contributed by atoms with E-state index in [0.717, 1.165) is 10.0 Å². The van der Waals surface area contributed by atoms with Gasteiger partial charge in [0.05, 0.1) is 23.4 Å². The molecular formula is C26H20BrCl2N5O2. The number of benzene rings is 3. The van der Waals surface area contributed by atoms with Crippen LogP contribution in [-0.4, -0.2) is 27.8 Å². The van der Waals surface area contributed by atoms with Gasteiger partial charge in [-0.3, -0.25) is 4.79 Å². The highest BCUT2D eigenvalue weighted by atomic mass is 79.9. The molecule has 0 saturated carbocycles. The van der Waals surface area contributed by atoms with Crippen molar-refractivity contribution in [2.45, 2.75) is 13.0 Å². The van der Waals surface area contributed by atoms with Gasteiger partial charge in [0, 0.05) is 20.8 Å². The van der Waals surface area contributed by atoms with Crippen LogP contribution >= 0.6 is 39.1 Å². The fourth-order valence-electron chi connectivity index (χ4n) is 4.15. The van der Waals surface area contributed by atoms with Gasteiger partial charge in [0.25, 0.3) is 5.91 Å². The minimum atomic E-state index is -0.555. The number of methoxy groups -OCH3 is 1. The molecule has 2 heterocycles. The predicted octanol–water partition coefficient (Wildman–Crippen LogP) is 6.95. The lowest BCUT2D eigenvalue weighted by Crippen LogP contribution is -2.31. The molecule has 0 bridgehead atoms. The van der Waals surface area contributed by atoms with E-state index in [1.807, 2.05) is 43.3 Å². The zero-order valence-electron chi connectivity index (χ0n) is 19.2. The number of rotatable bonds is 5. The first-order chi connectivity index (χ1) is 17.4. The maximum Gasteiger partial charge on any atom is 0.255 e. The van der Waals surface area contributed by atoms with Crippen molar-refractivity contribution in [2.24, 2.45) is 0 Å². The third-order valence-corrected chi connectivity index (χ3v) is 6.83. The average Bonchev–Trinajstić information content (AvgIpc) is 3.26. The molecule has 1 aromatic heterocycles. The molecule has 0 saturated heterocycles. The Morgan fingerprint density at radius 1 is 1.11 bits per heavy atom. The third kappa shape index (κ3) is 4.59. The number of amides is 1. The van der Waals surface area contributed by atoms with E-state index < -0.39 is 6.04 Å². The van der Waals surface area contributed by atoms with E-state index in [9.17, 15) is 4.79 Å². The topological polar surface area (TPSA) is 81.1 Å². The molecule has 0 aliphatic carbocycles. The number of nitrogens with one attached hydrogen (secondary N) is 2. The minimum Gasteiger partial charge on any atom is -0.495 e. The Kier molecular flexibility index (Phi) is 6.75. The molecule has 1 atom stereocenters. The number of aromatic nitrogens is 3. The maximum atomic E-state index is 13.7. The smallest absolute Gasteiger partial charge is 0.255 e. The second-order valence-corrected chi connectivity index (χ2v) is 9.86. The Hall–Kier alpha value is -3.33. The van der Waals surface area contributed by atoms with Gasteiger partial charge in [0.2, 0.25) is 5.95 Å². The molecule has 10 heteroatoms. The number of hydrogen-bond acceptors (Lipinski definition) is 5. The van der Waals surface area contributed by atoms with Crippen molar-refractivity contribution in [3.63, 3.8) is 0 Å². The zero-order chi connectivity index (χ0) is 25.4. The van der Waals surface area contributed by atoms with Gasteiger partial charge in [-0.25, -0.2) is 4.68 Å². The average molecular weight is 585 g/mol. The second kappa shape index (κ2) is 9.97. The van der Waals surface area contributed by atoms with Gasteiger partial charge in [-0.1, -0.05) is 63.4 Å². The van der Waals surface area contributed by atoms with Crippen molar-refractivity contribution < 1.29 is 9.53 Å². The number of halogens is 3. The van der Waals surface area contributed by atoms with Gasteiger partial charge in [0.15, 0.2) is 5.82 Å². The minimum absolute atomic E-state index is 0.290. The van der Waals surface area contributed by atoms with E-state index in [1.54, 1.807) is 42.1 Å². The highest BCUT2D eigenvalue weighted by molar-refractivity contribution is 9.10. The van der Waals surface area contributed by atoms with Crippen molar-refractivity contribution in [1.82, 2.24) is 14.8 Å². The lowest BCUT2D eigenvalue weighted by atomic mass is 9.95. The van der Waals surface area contributed by atoms with Crippen LogP contribution in [0.25, 0.3) is 11.4 Å². The Morgan fingerprint density at radius 2 is 1.92 bits per heavy atom. The van der Waals surface area contributed by atoms with Gasteiger partial charge < -0.3 is 15.4 Å². The maximum absolute atomic E-state index is 13.7. The molecular weight excluding hydrogens is 565 g/mol. The summed E-state index contributed by atoms with van der Waals surface area (Å²) in [7, 11) is 1.56. The van der Waals surface area contributed by atoms with E-state index in [-0.39, 0.29) is 5.91 Å². The van der Waals surface area contributed by atoms with Gasteiger partial charge in [0.1, 0.15) is 11.8 Å². The molecule has 1 aliphatic rings. The summed E-state index contributed by atoms with van der Waals surface area (Å²) < 4.78 is 7.99. The number of anilines is 2. The highest BCUT2D eigenvalue weighted by Gasteiger charge is 2.35. The van der Waals surface area contributed by atoms with Crippen LogP contribution in [0.15, 0.2) is 82.5 Å². The van der Waals surface area contributed by atoms with Crippen LogP contribution in [-0.2, 0) is 4.79 Å². The SMILES string of the molecule is COc1ccccc1NC(=O)C1=C(C)Nc2nc(-c3ccc(Cl)cc3Cl)nn2C1c1cccc(Br)c1. The Bertz CT molecular complexity index is 1520. The molecule has 5 rings (SSSR count). The summed E-state index contributed by atoms with van der Waals surface area (Å²) in [5.74, 6) is 1.18. The molecule has 182 valence electrons. The van der Waals surface area contributed by atoms with Crippen LogP contribution in [0.1, 0.15) is 18.5 Å². The number of allylic oxidation sites excluding steroid dienone is 1. The quantitative estimate of drug-likeness (QED) is 0.265. The lowest BCUT2D eigenvalue weighted by molar-refractivity contribution is -0.113. The molecule has 1 aliphatic heterocycles. The van der Waals surface area contributed by atoms with Gasteiger partial charge >= 0.3 is 0 Å². The summed E-state index contributed by atoms with van der Waals surface area (Å²) in [6.45, 7) is 1.84. The van der Waals surface area contributed by atoms with Crippen LogP contribution in [0.2, 0.25) is 10.0 Å². The molecule has 4 aromatic rings. The summed E-state index contributed by atoms with van der Waals surface area (Å²) in [5.41, 5.74) is 3.20. The van der Waals surface area contributed by atoms with Crippen LogP contribution in [0, 0.1) is 0 Å². The van der Waals surface area contributed by atoms with E-state index in [2.05, 4.69) is 31.5 Å². The number of hydrogen-bond donors (Lipinski definition) is 2.